The number of carbonyl (C=O) groups is 1. The van der Waals surface area contributed by atoms with Gasteiger partial charge in [0.15, 0.2) is 0 Å². The fourth-order valence-corrected chi connectivity index (χ4v) is 4.47. The van der Waals surface area contributed by atoms with Gasteiger partial charge in [0.05, 0.1) is 22.0 Å². The first-order valence-electron chi connectivity index (χ1n) is 8.65. The normalized spacial score (nSPS) is 12.9. The molecule has 0 radical (unpaired) electrons. The minimum absolute atomic E-state index is 0.0785. The van der Waals surface area contributed by atoms with Crippen molar-refractivity contribution in [3.8, 4) is 0 Å². The van der Waals surface area contributed by atoms with Crippen molar-refractivity contribution in [2.75, 3.05) is 5.32 Å². The summed E-state index contributed by atoms with van der Waals surface area (Å²) in [6, 6.07) is 4.48. The van der Waals surface area contributed by atoms with E-state index in [-0.39, 0.29) is 11.2 Å². The molecule has 0 fully saturated rings. The number of alkyl halides is 3. The first-order valence-corrected chi connectivity index (χ1v) is 10.5. The van der Waals surface area contributed by atoms with Crippen LogP contribution in [0.3, 0.4) is 0 Å². The molecule has 0 aliphatic carbocycles. The Hall–Kier alpha value is -2.33. The third-order valence-electron chi connectivity index (χ3n) is 4.38. The Balaban J connectivity index is 1.66. The van der Waals surface area contributed by atoms with Crippen molar-refractivity contribution in [2.24, 2.45) is 0 Å². The minimum atomic E-state index is -4.48. The molecule has 1 atom stereocenters. The Morgan fingerprint density at radius 3 is 2.76 bits per heavy atom. The summed E-state index contributed by atoms with van der Waals surface area (Å²) < 4.78 is 38.4. The monoisotopic (exact) mass is 441 g/mol. The van der Waals surface area contributed by atoms with Crippen LogP contribution < -0.4 is 10.9 Å². The summed E-state index contributed by atoms with van der Waals surface area (Å²) in [4.78, 5) is 33.5. The number of halogens is 3. The second kappa shape index (κ2) is 8.19. The van der Waals surface area contributed by atoms with Gasteiger partial charge in [-0.3, -0.25) is 9.59 Å². The van der Waals surface area contributed by atoms with Gasteiger partial charge >= 0.3 is 6.18 Å². The number of aryl methyl sites for hydroxylation is 2. The number of amides is 1. The zero-order valence-electron chi connectivity index (χ0n) is 15.8. The average molecular weight is 442 g/mol. The smallest absolute Gasteiger partial charge is 0.325 e. The highest BCUT2D eigenvalue weighted by Gasteiger charge is 2.30. The Bertz CT molecular complexity index is 1120. The van der Waals surface area contributed by atoms with Crippen LogP contribution >= 0.6 is 23.1 Å². The second-order valence-electron chi connectivity index (χ2n) is 6.50. The van der Waals surface area contributed by atoms with Crippen molar-refractivity contribution in [1.82, 2.24) is 9.97 Å². The lowest BCUT2D eigenvalue weighted by molar-refractivity contribution is -0.137. The number of nitrogens with zero attached hydrogens (tertiary/aromatic N) is 1. The summed E-state index contributed by atoms with van der Waals surface area (Å²) >= 11 is 2.67. The number of hydrogen-bond donors (Lipinski definition) is 2. The summed E-state index contributed by atoms with van der Waals surface area (Å²) in [5.41, 5.74) is -0.0534. The molecule has 0 aliphatic heterocycles. The molecule has 3 aromatic rings. The van der Waals surface area contributed by atoms with E-state index in [9.17, 15) is 22.8 Å². The number of aromatic nitrogens is 2. The summed E-state index contributed by atoms with van der Waals surface area (Å²) in [6.45, 7) is 5.44. The Labute approximate surface area is 172 Å². The third kappa shape index (κ3) is 4.81. The van der Waals surface area contributed by atoms with Gasteiger partial charge in [-0.15, -0.1) is 23.1 Å². The van der Waals surface area contributed by atoms with Gasteiger partial charge in [-0.25, -0.2) is 4.98 Å². The van der Waals surface area contributed by atoms with E-state index in [1.807, 2.05) is 13.8 Å². The fourth-order valence-electron chi connectivity index (χ4n) is 2.66. The molecule has 3 rings (SSSR count). The number of benzene rings is 1. The Kier molecular flexibility index (Phi) is 6.04. The molecule has 0 bridgehead atoms. The summed E-state index contributed by atoms with van der Waals surface area (Å²) in [6.07, 6.45) is -4.48. The maximum Gasteiger partial charge on any atom is 0.416 e. The average Bonchev–Trinajstić information content (AvgIpc) is 2.93. The van der Waals surface area contributed by atoms with E-state index in [0.29, 0.717) is 21.8 Å². The van der Waals surface area contributed by atoms with E-state index in [2.05, 4.69) is 15.3 Å². The molecule has 0 saturated heterocycles. The molecule has 0 aliphatic rings. The van der Waals surface area contributed by atoms with E-state index in [4.69, 9.17) is 0 Å². The lowest BCUT2D eigenvalue weighted by Gasteiger charge is -2.13. The van der Waals surface area contributed by atoms with Crippen LogP contribution in [0.1, 0.15) is 28.8 Å². The lowest BCUT2D eigenvalue weighted by atomic mass is 10.2. The van der Waals surface area contributed by atoms with E-state index < -0.39 is 22.9 Å². The minimum Gasteiger partial charge on any atom is -0.325 e. The van der Waals surface area contributed by atoms with Crippen LogP contribution in [0.25, 0.3) is 10.2 Å². The SMILES string of the molecule is Cc1sc2nc(CSC(C)C(=O)Nc3cccc(C(F)(F)F)c3)[nH]c(=O)c2c1C. The molecular formula is C19H18F3N3O2S2. The largest absolute Gasteiger partial charge is 0.416 e. The summed E-state index contributed by atoms with van der Waals surface area (Å²) in [5, 5.41) is 2.51. The fraction of sp³-hybridized carbons (Fsp3) is 0.316. The summed E-state index contributed by atoms with van der Waals surface area (Å²) in [5.74, 6) is 0.311. The highest BCUT2D eigenvalue weighted by Crippen LogP contribution is 2.31. The lowest BCUT2D eigenvalue weighted by Crippen LogP contribution is -2.23. The number of carbonyl (C=O) groups excluding carboxylic acids is 1. The van der Waals surface area contributed by atoms with Gasteiger partial charge < -0.3 is 10.3 Å². The zero-order valence-corrected chi connectivity index (χ0v) is 17.4. The quantitative estimate of drug-likeness (QED) is 0.592. The van der Waals surface area contributed by atoms with Crippen LogP contribution in [0.4, 0.5) is 18.9 Å². The van der Waals surface area contributed by atoms with E-state index in [1.165, 1.54) is 35.2 Å². The molecule has 1 unspecified atom stereocenters. The van der Waals surface area contributed by atoms with Crippen LogP contribution in [0.15, 0.2) is 29.1 Å². The van der Waals surface area contributed by atoms with Gasteiger partial charge in [0.1, 0.15) is 10.7 Å². The van der Waals surface area contributed by atoms with E-state index >= 15 is 0 Å². The predicted molar refractivity (Wildman–Crippen MR) is 111 cm³/mol. The number of aromatic amines is 1. The number of fused-ring (bicyclic) bond motifs is 1. The standard InChI is InChI=1S/C19H18F3N3O2S2/c1-9-10(2)29-18-15(9)17(27)24-14(25-18)8-28-11(3)16(26)23-13-6-4-5-12(7-13)19(20,21)22/h4-7,11H,8H2,1-3H3,(H,23,26)(H,24,25,27). The molecule has 10 heteroatoms. The molecule has 29 heavy (non-hydrogen) atoms. The number of anilines is 1. The molecule has 2 N–H and O–H groups in total. The van der Waals surface area contributed by atoms with Crippen LogP contribution in [0, 0.1) is 13.8 Å². The zero-order chi connectivity index (χ0) is 21.3. The van der Waals surface area contributed by atoms with Gasteiger partial charge in [-0.05, 0) is 44.5 Å². The van der Waals surface area contributed by atoms with Gasteiger partial charge in [0, 0.05) is 10.6 Å². The van der Waals surface area contributed by atoms with Crippen molar-refractivity contribution in [3.05, 3.63) is 56.4 Å². The molecule has 2 aromatic heterocycles. The number of thiophene rings is 1. The number of nitrogens with one attached hydrogen (secondary N) is 2. The van der Waals surface area contributed by atoms with Crippen molar-refractivity contribution in [2.45, 2.75) is 38.0 Å². The molecule has 1 amide bonds. The van der Waals surface area contributed by atoms with Crippen LogP contribution in [0.5, 0.6) is 0 Å². The Morgan fingerprint density at radius 1 is 1.34 bits per heavy atom. The number of thioether (sulfide) groups is 1. The maximum atomic E-state index is 12.8. The third-order valence-corrected chi connectivity index (χ3v) is 6.64. The van der Waals surface area contributed by atoms with Crippen LogP contribution in [-0.2, 0) is 16.7 Å². The first kappa shape index (κ1) is 21.4. The summed E-state index contributed by atoms with van der Waals surface area (Å²) in [7, 11) is 0. The molecule has 1 aromatic carbocycles. The predicted octanol–water partition coefficient (Wildman–Crippen LogP) is 4.88. The molecule has 0 saturated carbocycles. The van der Waals surface area contributed by atoms with Gasteiger partial charge in [0.2, 0.25) is 5.91 Å². The van der Waals surface area contributed by atoms with Crippen LogP contribution in [-0.4, -0.2) is 21.1 Å². The number of H-pyrrole nitrogens is 1. The molecular weight excluding hydrogens is 423 g/mol. The van der Waals surface area contributed by atoms with Gasteiger partial charge in [0.25, 0.3) is 5.56 Å². The molecule has 0 spiro atoms. The van der Waals surface area contributed by atoms with Gasteiger partial charge in [-0.2, -0.15) is 13.2 Å². The van der Waals surface area contributed by atoms with Gasteiger partial charge in [-0.1, -0.05) is 6.07 Å². The highest BCUT2D eigenvalue weighted by atomic mass is 32.2. The van der Waals surface area contributed by atoms with Crippen molar-refractivity contribution >= 4 is 44.9 Å². The van der Waals surface area contributed by atoms with Crippen molar-refractivity contribution < 1.29 is 18.0 Å². The maximum absolute atomic E-state index is 12.8. The molecule has 5 nitrogen and oxygen atoms in total. The molecule has 2 heterocycles. The molecule has 154 valence electrons. The van der Waals surface area contributed by atoms with E-state index in [0.717, 1.165) is 22.6 Å². The number of hydrogen-bond acceptors (Lipinski definition) is 5. The van der Waals surface area contributed by atoms with E-state index in [1.54, 1.807) is 6.92 Å². The highest BCUT2D eigenvalue weighted by molar-refractivity contribution is 7.99. The number of rotatable bonds is 5. The second-order valence-corrected chi connectivity index (χ2v) is 9.03. The van der Waals surface area contributed by atoms with Crippen LogP contribution in [0.2, 0.25) is 0 Å². The first-order chi connectivity index (χ1) is 13.6. The topological polar surface area (TPSA) is 74.8 Å². The van der Waals surface area contributed by atoms with Crippen molar-refractivity contribution in [3.63, 3.8) is 0 Å². The Morgan fingerprint density at radius 2 is 2.07 bits per heavy atom. The van der Waals surface area contributed by atoms with Crippen molar-refractivity contribution in [1.29, 1.82) is 0 Å².